The van der Waals surface area contributed by atoms with Gasteiger partial charge in [0.1, 0.15) is 6.54 Å². The molecule has 2 amide bonds. The number of fused-ring (bicyclic) bond motifs is 2. The zero-order valence-corrected chi connectivity index (χ0v) is 14.8. The summed E-state index contributed by atoms with van der Waals surface area (Å²) in [5.74, 6) is -0.803. The van der Waals surface area contributed by atoms with Gasteiger partial charge in [-0.25, -0.2) is 4.98 Å². The molecule has 0 spiro atoms. The molecule has 140 valence electrons. The van der Waals surface area contributed by atoms with Crippen molar-refractivity contribution in [1.82, 2.24) is 19.9 Å². The fraction of sp³-hybridized carbons (Fsp3) is 0.100. The van der Waals surface area contributed by atoms with Crippen LogP contribution in [-0.4, -0.2) is 32.9 Å². The number of nitrogens with one attached hydrogen (secondary N) is 3. The fourth-order valence-electron chi connectivity index (χ4n) is 2.94. The lowest BCUT2D eigenvalue weighted by Gasteiger charge is -2.09. The number of nitrogens with zero attached hydrogens (tertiary/aromatic N) is 2. The Balaban J connectivity index is 1.35. The summed E-state index contributed by atoms with van der Waals surface area (Å²) in [5, 5.41) is 6.66. The van der Waals surface area contributed by atoms with Gasteiger partial charge in [0, 0.05) is 22.8 Å². The Labute approximate surface area is 159 Å². The maximum atomic E-state index is 12.4. The van der Waals surface area contributed by atoms with Gasteiger partial charge in [-0.15, -0.1) is 0 Å². The number of anilines is 1. The van der Waals surface area contributed by atoms with E-state index in [9.17, 15) is 14.4 Å². The number of hydrogen-bond acceptors (Lipinski definition) is 4. The summed E-state index contributed by atoms with van der Waals surface area (Å²) in [7, 11) is 0. The van der Waals surface area contributed by atoms with E-state index >= 15 is 0 Å². The van der Waals surface area contributed by atoms with Crippen molar-refractivity contribution in [2.24, 2.45) is 0 Å². The summed E-state index contributed by atoms with van der Waals surface area (Å²) in [6, 6.07) is 14.3. The minimum absolute atomic E-state index is 0.195. The first-order chi connectivity index (χ1) is 13.6. The van der Waals surface area contributed by atoms with Crippen molar-refractivity contribution in [3.05, 3.63) is 71.4 Å². The number of benzene rings is 2. The second kappa shape index (κ2) is 7.36. The van der Waals surface area contributed by atoms with Crippen molar-refractivity contribution in [1.29, 1.82) is 0 Å². The fourth-order valence-corrected chi connectivity index (χ4v) is 2.94. The first kappa shape index (κ1) is 17.5. The number of hydrogen-bond donors (Lipinski definition) is 3. The molecule has 0 aliphatic rings. The normalized spacial score (nSPS) is 10.9. The van der Waals surface area contributed by atoms with Gasteiger partial charge in [0.25, 0.3) is 5.56 Å². The Morgan fingerprint density at radius 1 is 1.07 bits per heavy atom. The van der Waals surface area contributed by atoms with Crippen molar-refractivity contribution in [2.45, 2.75) is 6.54 Å². The van der Waals surface area contributed by atoms with Gasteiger partial charge < -0.3 is 15.6 Å². The van der Waals surface area contributed by atoms with E-state index < -0.39 is 5.91 Å². The molecule has 2 aromatic carbocycles. The molecule has 8 heteroatoms. The van der Waals surface area contributed by atoms with E-state index in [1.165, 1.54) is 10.9 Å². The first-order valence-corrected chi connectivity index (χ1v) is 8.68. The lowest BCUT2D eigenvalue weighted by atomic mass is 10.2. The smallest absolute Gasteiger partial charge is 0.261 e. The topological polar surface area (TPSA) is 109 Å². The van der Waals surface area contributed by atoms with Gasteiger partial charge >= 0.3 is 0 Å². The highest BCUT2D eigenvalue weighted by Crippen LogP contribution is 2.17. The highest BCUT2D eigenvalue weighted by atomic mass is 16.2. The first-order valence-electron chi connectivity index (χ1n) is 8.68. The van der Waals surface area contributed by atoms with Crippen LogP contribution in [0.4, 0.5) is 5.69 Å². The number of aromatic amines is 1. The molecule has 8 nitrogen and oxygen atoms in total. The molecule has 3 N–H and O–H groups in total. The number of amides is 2. The van der Waals surface area contributed by atoms with Crippen molar-refractivity contribution in [3.8, 4) is 0 Å². The third-order valence-electron chi connectivity index (χ3n) is 4.33. The van der Waals surface area contributed by atoms with Crippen LogP contribution >= 0.6 is 0 Å². The molecule has 0 aliphatic heterocycles. The van der Waals surface area contributed by atoms with Crippen molar-refractivity contribution in [3.63, 3.8) is 0 Å². The summed E-state index contributed by atoms with van der Waals surface area (Å²) in [6.45, 7) is -0.404. The second-order valence-corrected chi connectivity index (χ2v) is 6.30. The van der Waals surface area contributed by atoms with Crippen molar-refractivity contribution >= 4 is 39.3 Å². The van der Waals surface area contributed by atoms with E-state index in [4.69, 9.17) is 0 Å². The van der Waals surface area contributed by atoms with Gasteiger partial charge in [-0.05, 0) is 36.4 Å². The van der Waals surface area contributed by atoms with Gasteiger partial charge in [-0.3, -0.25) is 19.0 Å². The quantitative estimate of drug-likeness (QED) is 0.493. The number of carbonyl (C=O) groups excluding carboxylic acids is 2. The predicted octanol–water partition coefficient (Wildman–Crippen LogP) is 1.63. The average Bonchev–Trinajstić information content (AvgIpc) is 3.17. The summed E-state index contributed by atoms with van der Waals surface area (Å²) >= 11 is 0. The number of aromatic nitrogens is 3. The molecule has 0 radical (unpaired) electrons. The summed E-state index contributed by atoms with van der Waals surface area (Å²) in [6.07, 6.45) is 3.15. The van der Waals surface area contributed by atoms with E-state index in [2.05, 4.69) is 20.6 Å². The molecule has 0 unspecified atom stereocenters. The molecule has 0 bridgehead atoms. The van der Waals surface area contributed by atoms with Gasteiger partial charge in [0.2, 0.25) is 11.8 Å². The van der Waals surface area contributed by atoms with E-state index in [-0.39, 0.29) is 24.6 Å². The predicted molar refractivity (Wildman–Crippen MR) is 106 cm³/mol. The molecule has 0 saturated heterocycles. The van der Waals surface area contributed by atoms with Gasteiger partial charge in [-0.2, -0.15) is 0 Å². The monoisotopic (exact) mass is 375 g/mol. The highest BCUT2D eigenvalue weighted by Gasteiger charge is 2.10. The van der Waals surface area contributed by atoms with Crippen molar-refractivity contribution in [2.75, 3.05) is 11.9 Å². The summed E-state index contributed by atoms with van der Waals surface area (Å²) in [4.78, 5) is 43.8. The standard InChI is InChI=1S/C20H17N5O3/c26-18(24-14-5-6-16-13(9-14)7-8-21-16)10-22-19(27)11-25-12-23-17-4-2-1-3-15(17)20(25)28/h1-9,12,21H,10-11H2,(H,22,27)(H,24,26). The molecule has 0 atom stereocenters. The molecule has 4 rings (SSSR count). The Hall–Kier alpha value is -3.94. The average molecular weight is 375 g/mol. The molecule has 0 saturated carbocycles. The van der Waals surface area contributed by atoms with Crippen LogP contribution in [0.3, 0.4) is 0 Å². The van der Waals surface area contributed by atoms with Crippen LogP contribution in [0.5, 0.6) is 0 Å². The Kier molecular flexibility index (Phi) is 4.59. The molecule has 0 fully saturated rings. The van der Waals surface area contributed by atoms with E-state index in [0.717, 1.165) is 10.9 Å². The Morgan fingerprint density at radius 2 is 1.93 bits per heavy atom. The highest BCUT2D eigenvalue weighted by molar-refractivity contribution is 5.96. The lowest BCUT2D eigenvalue weighted by Crippen LogP contribution is -2.37. The maximum Gasteiger partial charge on any atom is 0.261 e. The third kappa shape index (κ3) is 3.61. The minimum atomic E-state index is -0.449. The van der Waals surface area contributed by atoms with Crippen LogP contribution in [0.15, 0.2) is 65.8 Å². The SMILES string of the molecule is O=C(Cn1cnc2ccccc2c1=O)NCC(=O)Nc1ccc2[nH]ccc2c1. The number of carbonyl (C=O) groups is 2. The van der Waals surface area contributed by atoms with Crippen LogP contribution in [0.25, 0.3) is 21.8 Å². The van der Waals surface area contributed by atoms with Crippen LogP contribution < -0.4 is 16.2 Å². The van der Waals surface area contributed by atoms with E-state index in [1.807, 2.05) is 24.4 Å². The number of H-pyrrole nitrogens is 1. The molecule has 4 aromatic rings. The number of rotatable bonds is 5. The van der Waals surface area contributed by atoms with Gasteiger partial charge in [-0.1, -0.05) is 12.1 Å². The molecule has 2 aromatic heterocycles. The number of para-hydroxylation sites is 1. The summed E-state index contributed by atoms with van der Waals surface area (Å²) < 4.78 is 1.22. The zero-order chi connectivity index (χ0) is 19.5. The molecule has 0 aliphatic carbocycles. The minimum Gasteiger partial charge on any atom is -0.361 e. The van der Waals surface area contributed by atoms with E-state index in [1.54, 1.807) is 30.3 Å². The molecular weight excluding hydrogens is 358 g/mol. The van der Waals surface area contributed by atoms with Crippen LogP contribution in [0, 0.1) is 0 Å². The Bertz CT molecular complexity index is 1240. The van der Waals surface area contributed by atoms with Crippen LogP contribution in [-0.2, 0) is 16.1 Å². The largest absolute Gasteiger partial charge is 0.361 e. The molecule has 28 heavy (non-hydrogen) atoms. The molecule has 2 heterocycles. The second-order valence-electron chi connectivity index (χ2n) is 6.30. The van der Waals surface area contributed by atoms with E-state index in [0.29, 0.717) is 16.6 Å². The van der Waals surface area contributed by atoms with Crippen LogP contribution in [0.2, 0.25) is 0 Å². The van der Waals surface area contributed by atoms with Gasteiger partial charge in [0.05, 0.1) is 23.8 Å². The lowest BCUT2D eigenvalue weighted by molar-refractivity contribution is -0.124. The van der Waals surface area contributed by atoms with Crippen LogP contribution in [0.1, 0.15) is 0 Å². The molecular formula is C20H17N5O3. The zero-order valence-electron chi connectivity index (χ0n) is 14.8. The Morgan fingerprint density at radius 3 is 2.82 bits per heavy atom. The van der Waals surface area contributed by atoms with Crippen molar-refractivity contribution < 1.29 is 9.59 Å². The summed E-state index contributed by atoms with van der Waals surface area (Å²) in [5.41, 5.74) is 1.88. The van der Waals surface area contributed by atoms with Gasteiger partial charge in [0.15, 0.2) is 0 Å². The maximum absolute atomic E-state index is 12.4. The third-order valence-corrected chi connectivity index (χ3v) is 4.33.